The molecule has 1 amide bonds. The number of aryl methyl sites for hydroxylation is 1. The lowest BCUT2D eigenvalue weighted by atomic mass is 10.1. The Morgan fingerprint density at radius 2 is 1.97 bits per heavy atom. The van der Waals surface area contributed by atoms with Crippen LogP contribution in [0.4, 0.5) is 0 Å². The maximum atomic E-state index is 13.0. The van der Waals surface area contributed by atoms with E-state index in [-0.39, 0.29) is 12.1 Å². The minimum absolute atomic E-state index is 0.103. The number of hydrazone groups is 1. The summed E-state index contributed by atoms with van der Waals surface area (Å²) in [6.45, 7) is 4.31. The van der Waals surface area contributed by atoms with Gasteiger partial charge in [0.2, 0.25) is 0 Å². The number of unbranched alkanes of at least 4 members (excludes halogenated alkanes) is 4. The first-order chi connectivity index (χ1) is 14.2. The Balaban J connectivity index is 1.62. The number of hydrogen-bond donors (Lipinski definition) is 1. The standard InChI is InChI=1S/C22H26N4OS2/c1-3-4-5-6-9-14-28-22-24-21(27)19-16-10-7-8-11-17(16)23-20(26(19)25-22)18-13-12-15(2)29-18/h7-8,10-13,20H,3-6,9,14H2,1-2H3,(H,24,25,27)/t20-/m1/s1. The molecule has 2 aliphatic rings. The maximum absolute atomic E-state index is 13.0. The summed E-state index contributed by atoms with van der Waals surface area (Å²) < 4.78 is 0. The number of benzene rings is 1. The molecule has 4 rings (SSSR count). The van der Waals surface area contributed by atoms with Gasteiger partial charge in [-0.05, 0) is 31.5 Å². The van der Waals surface area contributed by atoms with Gasteiger partial charge >= 0.3 is 0 Å². The average molecular weight is 427 g/mol. The molecule has 0 spiro atoms. The van der Waals surface area contributed by atoms with Gasteiger partial charge in [-0.2, -0.15) is 0 Å². The summed E-state index contributed by atoms with van der Waals surface area (Å²) in [5.74, 6) is 0.858. The quantitative estimate of drug-likeness (QED) is 0.683. The van der Waals surface area contributed by atoms with E-state index >= 15 is 0 Å². The SMILES string of the molecule is CCCCCCCSC1=NN2C(=c3ccccc3=N[C@H]2c2ccc(C)s2)C(=O)N1. The van der Waals surface area contributed by atoms with Crippen LogP contribution >= 0.6 is 23.1 Å². The number of carbonyl (C=O) groups is 1. The second kappa shape index (κ2) is 9.13. The van der Waals surface area contributed by atoms with E-state index in [4.69, 9.17) is 10.1 Å². The lowest BCUT2D eigenvalue weighted by molar-refractivity contribution is -0.116. The number of thioether (sulfide) groups is 1. The average Bonchev–Trinajstić information content (AvgIpc) is 3.16. The number of carbonyl (C=O) groups excluding carboxylic acids is 1. The fraction of sp³-hybridized carbons (Fsp3) is 0.409. The van der Waals surface area contributed by atoms with Gasteiger partial charge in [-0.25, -0.2) is 5.01 Å². The van der Waals surface area contributed by atoms with Crippen molar-refractivity contribution in [2.45, 2.75) is 52.1 Å². The monoisotopic (exact) mass is 426 g/mol. The second-order valence-electron chi connectivity index (χ2n) is 7.28. The molecule has 0 unspecified atom stereocenters. The number of hydrogen-bond acceptors (Lipinski definition) is 6. The predicted octanol–water partition coefficient (Wildman–Crippen LogP) is 3.90. The molecule has 3 heterocycles. The Kier molecular flexibility index (Phi) is 6.35. The third kappa shape index (κ3) is 4.41. The van der Waals surface area contributed by atoms with Gasteiger partial charge in [-0.3, -0.25) is 15.1 Å². The zero-order valence-electron chi connectivity index (χ0n) is 16.9. The van der Waals surface area contributed by atoms with Crippen molar-refractivity contribution >= 4 is 39.9 Å². The summed E-state index contributed by atoms with van der Waals surface area (Å²) in [5.41, 5.74) is 0.582. The van der Waals surface area contributed by atoms with Gasteiger partial charge in [0.15, 0.2) is 11.3 Å². The van der Waals surface area contributed by atoms with Crippen molar-refractivity contribution in [3.63, 3.8) is 0 Å². The van der Waals surface area contributed by atoms with Crippen molar-refractivity contribution in [2.75, 3.05) is 5.75 Å². The van der Waals surface area contributed by atoms with Crippen LogP contribution in [0.15, 0.2) is 46.5 Å². The summed E-state index contributed by atoms with van der Waals surface area (Å²) in [5, 5.41) is 12.0. The highest BCUT2D eigenvalue weighted by Crippen LogP contribution is 2.34. The number of rotatable bonds is 7. The van der Waals surface area contributed by atoms with Crippen LogP contribution in [0.1, 0.15) is 54.9 Å². The van der Waals surface area contributed by atoms with Gasteiger partial charge in [-0.1, -0.05) is 62.6 Å². The zero-order chi connectivity index (χ0) is 20.2. The van der Waals surface area contributed by atoms with Gasteiger partial charge in [0.25, 0.3) is 5.91 Å². The van der Waals surface area contributed by atoms with Crippen LogP contribution in [-0.2, 0) is 4.79 Å². The normalized spacial score (nSPS) is 17.9. The Morgan fingerprint density at radius 1 is 1.14 bits per heavy atom. The fourth-order valence-electron chi connectivity index (χ4n) is 3.54. The van der Waals surface area contributed by atoms with Crippen LogP contribution in [0.25, 0.3) is 5.70 Å². The first-order valence-corrected chi connectivity index (χ1v) is 12.0. The molecule has 2 aromatic rings. The molecule has 0 saturated carbocycles. The third-order valence-corrected chi connectivity index (χ3v) is 7.01. The molecule has 29 heavy (non-hydrogen) atoms. The number of thiophene rings is 1. The van der Waals surface area contributed by atoms with Crippen LogP contribution in [0.5, 0.6) is 0 Å². The van der Waals surface area contributed by atoms with E-state index in [2.05, 4.69) is 31.3 Å². The Bertz CT molecular complexity index is 1040. The molecule has 0 bridgehead atoms. The number of amides is 1. The Labute approximate surface area is 179 Å². The van der Waals surface area contributed by atoms with E-state index in [1.54, 1.807) is 23.1 Å². The van der Waals surface area contributed by atoms with Gasteiger partial charge in [0.1, 0.15) is 5.70 Å². The molecule has 1 N–H and O–H groups in total. The number of para-hydroxylation sites is 1. The first kappa shape index (κ1) is 20.2. The fourth-order valence-corrected chi connectivity index (χ4v) is 5.30. The number of nitrogens with zero attached hydrogens (tertiary/aromatic N) is 3. The van der Waals surface area contributed by atoms with Gasteiger partial charge < -0.3 is 0 Å². The van der Waals surface area contributed by atoms with E-state index in [0.29, 0.717) is 10.9 Å². The summed E-state index contributed by atoms with van der Waals surface area (Å²) in [6, 6.07) is 12.0. The van der Waals surface area contributed by atoms with E-state index in [1.165, 1.54) is 30.6 Å². The molecule has 7 heteroatoms. The van der Waals surface area contributed by atoms with Gasteiger partial charge in [-0.15, -0.1) is 16.4 Å². The van der Waals surface area contributed by atoms with Crippen molar-refractivity contribution in [2.24, 2.45) is 10.1 Å². The smallest absolute Gasteiger partial charge is 0.276 e. The summed E-state index contributed by atoms with van der Waals surface area (Å²) >= 11 is 3.32. The number of fused-ring (bicyclic) bond motifs is 2. The van der Waals surface area contributed by atoms with Crippen LogP contribution in [0.3, 0.4) is 0 Å². The van der Waals surface area contributed by atoms with E-state index in [1.807, 2.05) is 29.3 Å². The van der Waals surface area contributed by atoms with Crippen LogP contribution in [-0.4, -0.2) is 21.8 Å². The molecule has 0 saturated heterocycles. The topological polar surface area (TPSA) is 57.1 Å². The Hall–Kier alpha value is -2.12. The molecule has 0 fully saturated rings. The van der Waals surface area contributed by atoms with Gasteiger partial charge in [0, 0.05) is 15.8 Å². The summed E-state index contributed by atoms with van der Waals surface area (Å²) in [4.78, 5) is 20.3. The largest absolute Gasteiger partial charge is 0.298 e. The zero-order valence-corrected chi connectivity index (χ0v) is 18.5. The summed E-state index contributed by atoms with van der Waals surface area (Å²) in [7, 11) is 0. The molecular weight excluding hydrogens is 400 g/mol. The molecule has 1 aromatic carbocycles. The van der Waals surface area contributed by atoms with Crippen molar-refractivity contribution in [3.05, 3.63) is 56.7 Å². The maximum Gasteiger partial charge on any atom is 0.276 e. The molecule has 1 aromatic heterocycles. The van der Waals surface area contributed by atoms with Crippen molar-refractivity contribution in [1.29, 1.82) is 0 Å². The molecule has 1 atom stereocenters. The molecule has 0 radical (unpaired) electrons. The lowest BCUT2D eigenvalue weighted by Crippen LogP contribution is -2.50. The second-order valence-corrected chi connectivity index (χ2v) is 9.69. The molecular formula is C22H26N4OS2. The highest BCUT2D eigenvalue weighted by molar-refractivity contribution is 8.13. The van der Waals surface area contributed by atoms with E-state index < -0.39 is 0 Å². The van der Waals surface area contributed by atoms with Crippen LogP contribution < -0.4 is 15.9 Å². The number of nitrogens with one attached hydrogen (secondary N) is 1. The van der Waals surface area contributed by atoms with Gasteiger partial charge in [0.05, 0.1) is 10.2 Å². The predicted molar refractivity (Wildman–Crippen MR) is 121 cm³/mol. The van der Waals surface area contributed by atoms with Crippen LogP contribution in [0, 0.1) is 6.92 Å². The van der Waals surface area contributed by atoms with Crippen molar-refractivity contribution in [1.82, 2.24) is 10.3 Å². The minimum atomic E-state index is -0.301. The van der Waals surface area contributed by atoms with Crippen LogP contribution in [0.2, 0.25) is 0 Å². The highest BCUT2D eigenvalue weighted by Gasteiger charge is 2.34. The first-order valence-electron chi connectivity index (χ1n) is 10.2. The molecule has 5 nitrogen and oxygen atoms in total. The van der Waals surface area contributed by atoms with Crippen molar-refractivity contribution < 1.29 is 4.79 Å². The summed E-state index contributed by atoms with van der Waals surface area (Å²) in [6.07, 6.45) is 5.87. The van der Waals surface area contributed by atoms with E-state index in [0.717, 1.165) is 27.6 Å². The minimum Gasteiger partial charge on any atom is -0.298 e. The Morgan fingerprint density at radius 3 is 2.76 bits per heavy atom. The molecule has 0 aliphatic carbocycles. The molecule has 152 valence electrons. The molecule has 2 aliphatic heterocycles. The third-order valence-electron chi connectivity index (χ3n) is 5.02. The highest BCUT2D eigenvalue weighted by atomic mass is 32.2. The van der Waals surface area contributed by atoms with E-state index in [9.17, 15) is 4.79 Å². The van der Waals surface area contributed by atoms with Crippen molar-refractivity contribution in [3.8, 4) is 0 Å². The number of amidine groups is 1. The lowest BCUT2D eigenvalue weighted by Gasteiger charge is -2.33.